The summed E-state index contributed by atoms with van der Waals surface area (Å²) in [4.78, 5) is 3.93. The average Bonchev–Trinajstić information content (AvgIpc) is 3.14. The summed E-state index contributed by atoms with van der Waals surface area (Å²) < 4.78 is 54.9. The topological polar surface area (TPSA) is 56.2 Å². The van der Waals surface area contributed by atoms with Crippen LogP contribution in [0.3, 0.4) is 0 Å². The maximum Gasteiger partial charge on any atom is 0.151 e. The molecule has 0 bridgehead atoms. The number of hydrogen-bond acceptors (Lipinski definition) is 3. The van der Waals surface area contributed by atoms with Crippen molar-refractivity contribution in [2.75, 3.05) is 0 Å². The van der Waals surface area contributed by atoms with Crippen molar-refractivity contribution in [2.24, 2.45) is 10.7 Å². The molecule has 0 atom stereocenters. The predicted molar refractivity (Wildman–Crippen MR) is 103 cm³/mol. The number of benzene rings is 2. The van der Waals surface area contributed by atoms with Crippen molar-refractivity contribution in [1.29, 1.82) is 0 Å². The molecule has 0 amide bonds. The van der Waals surface area contributed by atoms with Crippen molar-refractivity contribution in [2.45, 2.75) is 19.3 Å². The van der Waals surface area contributed by atoms with Gasteiger partial charge in [-0.05, 0) is 50.3 Å². The summed E-state index contributed by atoms with van der Waals surface area (Å²) in [6.07, 6.45) is 4.34. The van der Waals surface area contributed by atoms with E-state index in [-0.39, 0.29) is 11.4 Å². The second-order valence-electron chi connectivity index (χ2n) is 6.86. The molecule has 3 aromatic rings. The van der Waals surface area contributed by atoms with Crippen molar-refractivity contribution in [3.63, 3.8) is 0 Å². The summed E-state index contributed by atoms with van der Waals surface area (Å²) >= 11 is 0. The summed E-state index contributed by atoms with van der Waals surface area (Å²) in [6, 6.07) is 7.94. The molecule has 2 N–H and O–H groups in total. The van der Waals surface area contributed by atoms with E-state index in [9.17, 15) is 17.6 Å². The molecule has 2 aromatic carbocycles. The van der Waals surface area contributed by atoms with E-state index in [0.29, 0.717) is 11.4 Å². The van der Waals surface area contributed by atoms with Gasteiger partial charge in [0.1, 0.15) is 17.3 Å². The number of hydrogen-bond donors (Lipinski definition) is 1. The fraction of sp³-hybridized carbons (Fsp3) is 0.143. The van der Waals surface area contributed by atoms with Crippen molar-refractivity contribution in [3.05, 3.63) is 89.4 Å². The van der Waals surface area contributed by atoms with Gasteiger partial charge in [0.15, 0.2) is 11.6 Å². The van der Waals surface area contributed by atoms with Crippen LogP contribution in [0.15, 0.2) is 65.4 Å². The Labute approximate surface area is 165 Å². The summed E-state index contributed by atoms with van der Waals surface area (Å²) in [6.45, 7) is 3.61. The monoisotopic (exact) mass is 402 g/mol. The summed E-state index contributed by atoms with van der Waals surface area (Å²) in [7, 11) is 0. The van der Waals surface area contributed by atoms with Gasteiger partial charge in [0, 0.05) is 35.7 Å². The molecular formula is C21H18F4N4. The van der Waals surface area contributed by atoms with Crippen molar-refractivity contribution < 1.29 is 17.6 Å². The van der Waals surface area contributed by atoms with Gasteiger partial charge >= 0.3 is 0 Å². The first kappa shape index (κ1) is 20.3. The smallest absolute Gasteiger partial charge is 0.151 e. The lowest BCUT2D eigenvalue weighted by atomic mass is 9.86. The Kier molecular flexibility index (Phi) is 5.54. The van der Waals surface area contributed by atoms with Crippen LogP contribution in [0.2, 0.25) is 0 Å². The zero-order valence-corrected chi connectivity index (χ0v) is 15.7. The Morgan fingerprint density at radius 3 is 2.31 bits per heavy atom. The van der Waals surface area contributed by atoms with E-state index in [2.05, 4.69) is 10.1 Å². The molecule has 29 heavy (non-hydrogen) atoms. The molecule has 1 heterocycles. The molecular weight excluding hydrogens is 384 g/mol. The number of aliphatic imine (C=N–C) groups is 1. The second-order valence-corrected chi connectivity index (χ2v) is 6.86. The van der Waals surface area contributed by atoms with Gasteiger partial charge in [0.05, 0.1) is 11.4 Å². The molecule has 0 aliphatic carbocycles. The lowest BCUT2D eigenvalue weighted by Crippen LogP contribution is -2.27. The average molecular weight is 402 g/mol. The van der Waals surface area contributed by atoms with Gasteiger partial charge in [0.25, 0.3) is 0 Å². The zero-order chi connectivity index (χ0) is 21.2. The number of rotatable bonds is 5. The first-order chi connectivity index (χ1) is 13.7. The van der Waals surface area contributed by atoms with E-state index in [1.165, 1.54) is 29.1 Å². The lowest BCUT2D eigenvalue weighted by Gasteiger charge is -2.22. The molecule has 0 aliphatic rings. The minimum atomic E-state index is -0.785. The Bertz CT molecular complexity index is 1100. The molecule has 0 spiro atoms. The van der Waals surface area contributed by atoms with E-state index in [1.54, 1.807) is 26.1 Å². The van der Waals surface area contributed by atoms with Gasteiger partial charge in [-0.2, -0.15) is 5.10 Å². The first-order valence-electron chi connectivity index (χ1n) is 8.65. The van der Waals surface area contributed by atoms with Gasteiger partial charge in [-0.15, -0.1) is 0 Å². The third-order valence-corrected chi connectivity index (χ3v) is 4.49. The highest BCUT2D eigenvalue weighted by molar-refractivity contribution is 5.75. The molecule has 0 unspecified atom stereocenters. The molecule has 8 heteroatoms. The molecule has 4 nitrogen and oxygen atoms in total. The van der Waals surface area contributed by atoms with Crippen LogP contribution < -0.4 is 5.73 Å². The number of nitrogens with two attached hydrogens (primary N) is 1. The molecule has 0 radical (unpaired) electrons. The second kappa shape index (κ2) is 7.90. The lowest BCUT2D eigenvalue weighted by molar-refractivity contribution is 0.563. The van der Waals surface area contributed by atoms with Crippen LogP contribution >= 0.6 is 0 Å². The van der Waals surface area contributed by atoms with Crippen molar-refractivity contribution >= 4 is 11.9 Å². The molecule has 0 aliphatic heterocycles. The highest BCUT2D eigenvalue weighted by Gasteiger charge is 2.26. The standard InChI is InChI=1S/C21H18F4N4/c1-21(2,19(26)7-9-27-17-5-3-13(22)11-15(17)24)20-8-10-29(28-20)18-6-4-14(23)12-16(18)25/h3-12H,26H2,1-2H3/b19-7-,27-9?. The number of halogens is 4. The normalized spacial score (nSPS) is 12.7. The fourth-order valence-electron chi connectivity index (χ4n) is 2.60. The van der Waals surface area contributed by atoms with Gasteiger partial charge in [-0.1, -0.05) is 0 Å². The largest absolute Gasteiger partial charge is 0.401 e. The Morgan fingerprint density at radius 2 is 1.66 bits per heavy atom. The van der Waals surface area contributed by atoms with E-state index in [0.717, 1.165) is 24.3 Å². The Morgan fingerprint density at radius 1 is 1.00 bits per heavy atom. The van der Waals surface area contributed by atoms with E-state index >= 15 is 0 Å². The van der Waals surface area contributed by atoms with Crippen molar-refractivity contribution in [3.8, 4) is 5.69 Å². The minimum Gasteiger partial charge on any atom is -0.401 e. The highest BCUT2D eigenvalue weighted by Crippen LogP contribution is 2.28. The van der Waals surface area contributed by atoms with Crippen LogP contribution in [0.5, 0.6) is 0 Å². The van der Waals surface area contributed by atoms with Crippen LogP contribution in [0, 0.1) is 23.3 Å². The first-order valence-corrected chi connectivity index (χ1v) is 8.65. The van der Waals surface area contributed by atoms with Crippen LogP contribution in [0.4, 0.5) is 23.2 Å². The highest BCUT2D eigenvalue weighted by atomic mass is 19.1. The molecule has 0 fully saturated rings. The molecule has 0 saturated heterocycles. The maximum absolute atomic E-state index is 14.0. The molecule has 3 rings (SSSR count). The van der Waals surface area contributed by atoms with E-state index in [4.69, 9.17) is 5.73 Å². The molecule has 0 saturated carbocycles. The minimum absolute atomic E-state index is 0.0238. The number of aromatic nitrogens is 2. The summed E-state index contributed by atoms with van der Waals surface area (Å²) in [5.74, 6) is -2.89. The van der Waals surface area contributed by atoms with Crippen LogP contribution in [0.25, 0.3) is 5.69 Å². The van der Waals surface area contributed by atoms with Gasteiger partial charge in [0.2, 0.25) is 0 Å². The zero-order valence-electron chi connectivity index (χ0n) is 15.7. The van der Waals surface area contributed by atoms with Gasteiger partial charge in [-0.3, -0.25) is 4.99 Å². The summed E-state index contributed by atoms with van der Waals surface area (Å²) in [5.41, 5.74) is 6.38. The van der Waals surface area contributed by atoms with Crippen LogP contribution in [-0.2, 0) is 5.41 Å². The maximum atomic E-state index is 14.0. The SMILES string of the molecule is CC(C)(/C(N)=C/C=Nc1ccc(F)cc1F)c1ccn(-c2ccc(F)cc2F)n1. The Hall–Kier alpha value is -3.42. The van der Waals surface area contributed by atoms with Gasteiger partial charge < -0.3 is 5.73 Å². The van der Waals surface area contributed by atoms with Gasteiger partial charge in [-0.25, -0.2) is 22.2 Å². The third kappa shape index (κ3) is 4.37. The fourth-order valence-corrected chi connectivity index (χ4v) is 2.60. The predicted octanol–water partition coefficient (Wildman–Crippen LogP) is 4.95. The van der Waals surface area contributed by atoms with Crippen LogP contribution in [0.1, 0.15) is 19.5 Å². The quantitative estimate of drug-likeness (QED) is 0.485. The van der Waals surface area contributed by atoms with E-state index in [1.807, 2.05) is 0 Å². The summed E-state index contributed by atoms with van der Waals surface area (Å²) in [5, 5.41) is 4.34. The molecule has 1 aromatic heterocycles. The third-order valence-electron chi connectivity index (χ3n) is 4.49. The van der Waals surface area contributed by atoms with Crippen LogP contribution in [-0.4, -0.2) is 16.0 Å². The number of allylic oxidation sites excluding steroid dienone is 2. The van der Waals surface area contributed by atoms with E-state index < -0.39 is 28.7 Å². The number of nitrogens with zero attached hydrogens (tertiary/aromatic N) is 3. The van der Waals surface area contributed by atoms with Crippen molar-refractivity contribution in [1.82, 2.24) is 9.78 Å². The molecule has 150 valence electrons. The Balaban J connectivity index is 1.83.